The van der Waals surface area contributed by atoms with E-state index in [0.717, 1.165) is 5.56 Å². The number of methoxy groups -OCH3 is 1. The van der Waals surface area contributed by atoms with Crippen LogP contribution in [0.1, 0.15) is 19.4 Å². The topological polar surface area (TPSA) is 67.4 Å². The van der Waals surface area contributed by atoms with Crippen molar-refractivity contribution in [1.82, 2.24) is 10.0 Å². The third-order valence-electron chi connectivity index (χ3n) is 2.58. The highest BCUT2D eigenvalue weighted by atomic mass is 35.5. The first-order chi connectivity index (χ1) is 9.22. The van der Waals surface area contributed by atoms with Gasteiger partial charge in [-0.15, -0.1) is 0 Å². The van der Waals surface area contributed by atoms with Crippen molar-refractivity contribution in [2.45, 2.75) is 30.8 Å². The van der Waals surface area contributed by atoms with Gasteiger partial charge in [-0.2, -0.15) is 0 Å². The minimum atomic E-state index is -3.70. The van der Waals surface area contributed by atoms with Crippen molar-refractivity contribution in [1.29, 1.82) is 0 Å². The Balaban J connectivity index is 3.11. The average Bonchev–Trinajstić information content (AvgIpc) is 2.30. The lowest BCUT2D eigenvalue weighted by atomic mass is 10.1. The summed E-state index contributed by atoms with van der Waals surface area (Å²) in [5, 5.41) is 3.17. The normalized spacial score (nSPS) is 12.7. The number of hydrogen-bond donors (Lipinski definition) is 2. The highest BCUT2D eigenvalue weighted by Gasteiger charge is 2.27. The van der Waals surface area contributed by atoms with Gasteiger partial charge >= 0.3 is 0 Å². The molecule has 0 fully saturated rings. The predicted molar refractivity (Wildman–Crippen MR) is 80.5 cm³/mol. The molecule has 0 aliphatic heterocycles. The van der Waals surface area contributed by atoms with Crippen LogP contribution in [0.2, 0.25) is 5.02 Å². The van der Waals surface area contributed by atoms with Crippen molar-refractivity contribution >= 4 is 21.6 Å². The van der Waals surface area contributed by atoms with Gasteiger partial charge in [-0.05, 0) is 38.6 Å². The van der Waals surface area contributed by atoms with Crippen LogP contribution in [0, 0.1) is 0 Å². The lowest BCUT2D eigenvalue weighted by Gasteiger charge is -2.25. The van der Waals surface area contributed by atoms with E-state index < -0.39 is 15.6 Å². The maximum Gasteiger partial charge on any atom is 0.242 e. The number of sulfonamides is 1. The van der Waals surface area contributed by atoms with Gasteiger partial charge in [-0.3, -0.25) is 0 Å². The molecule has 1 aromatic rings. The summed E-state index contributed by atoms with van der Waals surface area (Å²) in [5.41, 5.74) is 0.137. The largest absolute Gasteiger partial charge is 0.383 e. The summed E-state index contributed by atoms with van der Waals surface area (Å²) >= 11 is 6.02. The first-order valence-corrected chi connectivity index (χ1v) is 8.04. The van der Waals surface area contributed by atoms with E-state index in [0.29, 0.717) is 6.54 Å². The zero-order valence-electron chi connectivity index (χ0n) is 12.2. The van der Waals surface area contributed by atoms with Crippen LogP contribution in [0.15, 0.2) is 23.1 Å². The summed E-state index contributed by atoms with van der Waals surface area (Å²) < 4.78 is 32.5. The quantitative estimate of drug-likeness (QED) is 0.803. The maximum atomic E-state index is 12.4. The van der Waals surface area contributed by atoms with E-state index in [-0.39, 0.29) is 16.5 Å². The van der Waals surface area contributed by atoms with E-state index in [9.17, 15) is 8.42 Å². The minimum absolute atomic E-state index is 0.0797. The summed E-state index contributed by atoms with van der Waals surface area (Å²) in [4.78, 5) is 0.0797. The second kappa shape index (κ2) is 6.87. The van der Waals surface area contributed by atoms with Crippen LogP contribution in [-0.2, 0) is 21.3 Å². The fraction of sp³-hybridized carbons (Fsp3) is 0.538. The fourth-order valence-corrected chi connectivity index (χ4v) is 3.83. The van der Waals surface area contributed by atoms with Gasteiger partial charge < -0.3 is 10.1 Å². The van der Waals surface area contributed by atoms with E-state index in [1.165, 1.54) is 7.11 Å². The Morgan fingerprint density at radius 2 is 2.00 bits per heavy atom. The molecule has 5 nitrogen and oxygen atoms in total. The van der Waals surface area contributed by atoms with E-state index >= 15 is 0 Å². The number of rotatable bonds is 7. The van der Waals surface area contributed by atoms with Crippen LogP contribution in [0.3, 0.4) is 0 Å². The van der Waals surface area contributed by atoms with Crippen LogP contribution in [0.25, 0.3) is 0 Å². The number of nitrogens with one attached hydrogen (secondary N) is 2. The molecule has 0 atom stereocenters. The summed E-state index contributed by atoms with van der Waals surface area (Å²) in [6.45, 7) is 4.33. The van der Waals surface area contributed by atoms with Gasteiger partial charge in [0.15, 0.2) is 0 Å². The molecule has 0 radical (unpaired) electrons. The van der Waals surface area contributed by atoms with E-state index in [1.54, 1.807) is 39.1 Å². The Bertz CT molecular complexity index is 559. The van der Waals surface area contributed by atoms with Gasteiger partial charge in [-0.25, -0.2) is 13.1 Å². The first kappa shape index (κ1) is 17.4. The SMILES string of the molecule is CNCc1ccc(Cl)c(S(=O)(=O)NC(C)(C)COC)c1. The Kier molecular flexibility index (Phi) is 5.97. The van der Waals surface area contributed by atoms with E-state index in [4.69, 9.17) is 16.3 Å². The highest BCUT2D eigenvalue weighted by Crippen LogP contribution is 2.24. The molecule has 0 heterocycles. The molecule has 114 valence electrons. The van der Waals surface area contributed by atoms with Gasteiger partial charge in [0.25, 0.3) is 0 Å². The second-order valence-corrected chi connectivity index (χ2v) is 7.28. The predicted octanol–water partition coefficient (Wildman–Crippen LogP) is 1.76. The van der Waals surface area contributed by atoms with E-state index in [2.05, 4.69) is 10.0 Å². The van der Waals surface area contributed by atoms with Gasteiger partial charge in [-0.1, -0.05) is 17.7 Å². The molecule has 0 saturated heterocycles. The first-order valence-electron chi connectivity index (χ1n) is 6.18. The van der Waals surface area contributed by atoms with Crippen molar-refractivity contribution < 1.29 is 13.2 Å². The van der Waals surface area contributed by atoms with Gasteiger partial charge in [0.1, 0.15) is 4.90 Å². The minimum Gasteiger partial charge on any atom is -0.383 e. The average molecular weight is 321 g/mol. The molecule has 0 saturated carbocycles. The third-order valence-corrected chi connectivity index (χ3v) is 4.76. The molecule has 0 aromatic heterocycles. The Hall–Kier alpha value is -0.660. The number of ether oxygens (including phenoxy) is 1. The van der Waals surface area contributed by atoms with E-state index in [1.807, 2.05) is 0 Å². The Labute approximate surface area is 125 Å². The van der Waals surface area contributed by atoms with Gasteiger partial charge in [0.05, 0.1) is 17.2 Å². The van der Waals surface area contributed by atoms with Crippen molar-refractivity contribution in [2.24, 2.45) is 0 Å². The molecule has 0 aliphatic rings. The standard InChI is InChI=1S/C13H21ClN2O3S/c1-13(2,9-19-4)16-20(17,18)12-7-10(8-15-3)5-6-11(12)14/h5-7,15-16H,8-9H2,1-4H3. The van der Waals surface area contributed by atoms with Crippen molar-refractivity contribution in [2.75, 3.05) is 20.8 Å². The summed E-state index contributed by atoms with van der Waals surface area (Å²) in [6.07, 6.45) is 0. The molecule has 0 amide bonds. The number of halogens is 1. The molecule has 0 bridgehead atoms. The molecular weight excluding hydrogens is 300 g/mol. The smallest absolute Gasteiger partial charge is 0.242 e. The molecule has 0 spiro atoms. The molecule has 20 heavy (non-hydrogen) atoms. The third kappa shape index (κ3) is 4.71. The zero-order valence-corrected chi connectivity index (χ0v) is 13.7. The van der Waals surface area contributed by atoms with Crippen LogP contribution < -0.4 is 10.0 Å². The maximum absolute atomic E-state index is 12.4. The molecule has 0 unspecified atom stereocenters. The zero-order chi connectivity index (χ0) is 15.4. The Morgan fingerprint density at radius 3 is 2.55 bits per heavy atom. The fourth-order valence-electron chi connectivity index (χ4n) is 1.88. The van der Waals surface area contributed by atoms with Crippen molar-refractivity contribution in [3.05, 3.63) is 28.8 Å². The second-order valence-electron chi connectivity index (χ2n) is 5.22. The van der Waals surface area contributed by atoms with Crippen molar-refractivity contribution in [3.8, 4) is 0 Å². The lowest BCUT2D eigenvalue weighted by molar-refractivity contribution is 0.141. The van der Waals surface area contributed by atoms with Gasteiger partial charge in [0.2, 0.25) is 10.0 Å². The van der Waals surface area contributed by atoms with Crippen LogP contribution in [0.4, 0.5) is 0 Å². The summed E-state index contributed by atoms with van der Waals surface area (Å²) in [5.74, 6) is 0. The Morgan fingerprint density at radius 1 is 1.35 bits per heavy atom. The number of benzene rings is 1. The highest BCUT2D eigenvalue weighted by molar-refractivity contribution is 7.89. The summed E-state index contributed by atoms with van der Waals surface area (Å²) in [7, 11) is -0.383. The monoisotopic (exact) mass is 320 g/mol. The van der Waals surface area contributed by atoms with Crippen LogP contribution in [0.5, 0.6) is 0 Å². The molecule has 1 rings (SSSR count). The van der Waals surface area contributed by atoms with Crippen LogP contribution >= 0.6 is 11.6 Å². The van der Waals surface area contributed by atoms with Crippen molar-refractivity contribution in [3.63, 3.8) is 0 Å². The molecule has 7 heteroatoms. The molecule has 2 N–H and O–H groups in total. The van der Waals surface area contributed by atoms with Crippen LogP contribution in [-0.4, -0.2) is 34.7 Å². The van der Waals surface area contributed by atoms with Gasteiger partial charge in [0, 0.05) is 13.7 Å². The molecule has 0 aliphatic carbocycles. The number of hydrogen-bond acceptors (Lipinski definition) is 4. The summed E-state index contributed by atoms with van der Waals surface area (Å²) in [6, 6.07) is 4.95. The lowest BCUT2D eigenvalue weighted by Crippen LogP contribution is -2.46. The molecule has 1 aromatic carbocycles. The molecular formula is C13H21ClN2O3S.